The van der Waals surface area contributed by atoms with E-state index >= 15 is 0 Å². The summed E-state index contributed by atoms with van der Waals surface area (Å²) in [5.41, 5.74) is -2.16. The quantitative estimate of drug-likeness (QED) is 0.431. The summed E-state index contributed by atoms with van der Waals surface area (Å²) in [6, 6.07) is 8.21. The van der Waals surface area contributed by atoms with Crippen LogP contribution in [0.4, 0.5) is 22.8 Å². The van der Waals surface area contributed by atoms with E-state index in [0.717, 1.165) is 6.07 Å². The van der Waals surface area contributed by atoms with Crippen LogP contribution >= 0.6 is 0 Å². The highest BCUT2D eigenvalue weighted by Gasteiger charge is 2.38. The molecule has 0 saturated carbocycles. The first-order chi connectivity index (χ1) is 19.8. The third-order valence-electron chi connectivity index (χ3n) is 6.40. The molecular weight excluding hydrogens is 613 g/mol. The number of hydrogen-bond donors (Lipinski definition) is 1. The number of nitrogens with one attached hydrogen (secondary N) is 1. The summed E-state index contributed by atoms with van der Waals surface area (Å²) < 4.78 is 100. The molecule has 0 bridgehead atoms. The van der Waals surface area contributed by atoms with Crippen LogP contribution in [0.1, 0.15) is 32.8 Å². The Morgan fingerprint density at radius 3 is 2.05 bits per heavy atom. The molecule has 11 nitrogen and oxygen atoms in total. The van der Waals surface area contributed by atoms with Gasteiger partial charge in [-0.05, 0) is 57.5 Å². The van der Waals surface area contributed by atoms with Gasteiger partial charge in [-0.2, -0.15) is 13.2 Å². The number of ether oxygens (including phenoxy) is 1. The normalized spacial score (nSPS) is 14.9. The molecule has 0 aromatic heterocycles. The van der Waals surface area contributed by atoms with E-state index < -0.39 is 53.1 Å². The highest BCUT2D eigenvalue weighted by molar-refractivity contribution is 7.91. The van der Waals surface area contributed by atoms with Crippen molar-refractivity contribution in [3.05, 3.63) is 54.1 Å². The van der Waals surface area contributed by atoms with Crippen LogP contribution in [0.2, 0.25) is 0 Å². The lowest BCUT2D eigenvalue weighted by atomic mass is 10.2. The highest BCUT2D eigenvalue weighted by Crippen LogP contribution is 2.36. The third-order valence-corrected chi connectivity index (χ3v) is 9.67. The molecule has 0 spiro atoms. The first-order valence-electron chi connectivity index (χ1n) is 13.3. The van der Waals surface area contributed by atoms with Crippen LogP contribution in [0.5, 0.6) is 0 Å². The van der Waals surface area contributed by atoms with Crippen molar-refractivity contribution < 1.29 is 44.3 Å². The van der Waals surface area contributed by atoms with Crippen LogP contribution in [-0.4, -0.2) is 95.6 Å². The summed E-state index contributed by atoms with van der Waals surface area (Å²) in [6.07, 6.45) is -5.49. The van der Waals surface area contributed by atoms with Crippen LogP contribution in [0.15, 0.2) is 63.2 Å². The molecule has 16 heteroatoms. The predicted octanol–water partition coefficient (Wildman–Crippen LogP) is 3.81. The largest absolute Gasteiger partial charge is 0.444 e. The molecule has 1 aliphatic heterocycles. The standard InChI is InChI=1S/C27H35F3N4O7S2/c1-26(2,3)41-25(36)34-17-15-33(16-18-34)24(35)32(4)14-8-13-31-43(39,40)23-19-21(11-12-22(23)27(28,29)30)42(37,38)20-9-6-5-7-10-20/h5-7,9-12,19,31H,8,13-18H2,1-4H3. The zero-order chi connectivity index (χ0) is 32.2. The second kappa shape index (κ2) is 13.1. The van der Waals surface area contributed by atoms with Crippen molar-refractivity contribution >= 4 is 32.0 Å². The molecule has 0 aliphatic carbocycles. The van der Waals surface area contributed by atoms with Gasteiger partial charge in [0.05, 0.1) is 20.2 Å². The lowest BCUT2D eigenvalue weighted by Crippen LogP contribution is -2.54. The van der Waals surface area contributed by atoms with Gasteiger partial charge in [0.2, 0.25) is 19.9 Å². The molecule has 0 radical (unpaired) electrons. The smallest absolute Gasteiger partial charge is 0.417 e. The number of sulfone groups is 1. The van der Waals surface area contributed by atoms with Crippen molar-refractivity contribution in [3.8, 4) is 0 Å². The van der Waals surface area contributed by atoms with Crippen molar-refractivity contribution in [2.24, 2.45) is 0 Å². The number of alkyl halides is 3. The predicted molar refractivity (Wildman–Crippen MR) is 151 cm³/mol. The fraction of sp³-hybridized carbons (Fsp3) is 0.481. The number of benzene rings is 2. The molecule has 0 atom stereocenters. The second-order valence-electron chi connectivity index (χ2n) is 10.9. The number of hydrogen-bond acceptors (Lipinski definition) is 7. The third kappa shape index (κ3) is 8.83. The Kier molecular flexibility index (Phi) is 10.4. The molecule has 1 heterocycles. The molecule has 1 fully saturated rings. The van der Waals surface area contributed by atoms with Crippen LogP contribution in [-0.2, 0) is 30.8 Å². The molecule has 0 unspecified atom stereocenters. The van der Waals surface area contributed by atoms with E-state index in [1.54, 1.807) is 26.8 Å². The number of piperazine rings is 1. The number of urea groups is 1. The minimum Gasteiger partial charge on any atom is -0.444 e. The number of nitrogens with zero attached hydrogens (tertiary/aromatic N) is 3. The summed E-state index contributed by atoms with van der Waals surface area (Å²) in [6.45, 7) is 6.08. The summed E-state index contributed by atoms with van der Waals surface area (Å²) in [5.74, 6) is 0. The zero-order valence-electron chi connectivity index (χ0n) is 24.2. The Balaban J connectivity index is 1.62. The Labute approximate surface area is 249 Å². The topological polar surface area (TPSA) is 133 Å². The average Bonchev–Trinajstić information content (AvgIpc) is 2.93. The van der Waals surface area contributed by atoms with E-state index in [1.807, 2.05) is 0 Å². The van der Waals surface area contributed by atoms with E-state index in [2.05, 4.69) is 4.72 Å². The molecular formula is C27H35F3N4O7S2. The van der Waals surface area contributed by atoms with Crippen LogP contribution < -0.4 is 4.72 Å². The molecule has 1 aliphatic rings. The molecule has 3 rings (SSSR count). The van der Waals surface area contributed by atoms with Gasteiger partial charge in [0.15, 0.2) is 0 Å². The number of halogens is 3. The van der Waals surface area contributed by atoms with Gasteiger partial charge in [0.25, 0.3) is 0 Å². The first kappa shape index (κ1) is 34.1. The Bertz CT molecular complexity index is 1520. The van der Waals surface area contributed by atoms with E-state index in [4.69, 9.17) is 4.74 Å². The molecule has 2 aromatic rings. The average molecular weight is 649 g/mol. The van der Waals surface area contributed by atoms with Gasteiger partial charge in [-0.25, -0.2) is 31.1 Å². The van der Waals surface area contributed by atoms with E-state index in [-0.39, 0.29) is 56.6 Å². The highest BCUT2D eigenvalue weighted by atomic mass is 32.2. The van der Waals surface area contributed by atoms with Crippen LogP contribution in [0.3, 0.4) is 0 Å². The maximum absolute atomic E-state index is 13.7. The zero-order valence-corrected chi connectivity index (χ0v) is 25.9. The molecule has 3 amide bonds. The van der Waals surface area contributed by atoms with Gasteiger partial charge in [0.1, 0.15) is 5.60 Å². The number of carbonyl (C=O) groups is 2. The Morgan fingerprint density at radius 2 is 1.49 bits per heavy atom. The van der Waals surface area contributed by atoms with Crippen LogP contribution in [0.25, 0.3) is 0 Å². The second-order valence-corrected chi connectivity index (χ2v) is 14.6. The number of rotatable bonds is 8. The Hall–Kier alpha value is -3.37. The van der Waals surface area contributed by atoms with Gasteiger partial charge in [0, 0.05) is 46.3 Å². The monoisotopic (exact) mass is 648 g/mol. The Morgan fingerprint density at radius 1 is 0.907 bits per heavy atom. The summed E-state index contributed by atoms with van der Waals surface area (Å²) >= 11 is 0. The molecule has 2 aromatic carbocycles. The van der Waals surface area contributed by atoms with E-state index in [1.165, 1.54) is 46.0 Å². The van der Waals surface area contributed by atoms with E-state index in [9.17, 15) is 39.6 Å². The van der Waals surface area contributed by atoms with Gasteiger partial charge in [-0.3, -0.25) is 0 Å². The summed E-state index contributed by atoms with van der Waals surface area (Å²) in [5, 5.41) is 0. The minimum atomic E-state index is -5.07. The maximum Gasteiger partial charge on any atom is 0.417 e. The van der Waals surface area contributed by atoms with Gasteiger partial charge < -0.3 is 19.4 Å². The van der Waals surface area contributed by atoms with Crippen molar-refractivity contribution in [1.82, 2.24) is 19.4 Å². The van der Waals surface area contributed by atoms with Crippen molar-refractivity contribution in [2.45, 2.75) is 53.7 Å². The summed E-state index contributed by atoms with van der Waals surface area (Å²) in [4.78, 5) is 27.4. The van der Waals surface area contributed by atoms with E-state index in [0.29, 0.717) is 12.1 Å². The van der Waals surface area contributed by atoms with Crippen LogP contribution in [0, 0.1) is 0 Å². The SMILES string of the molecule is CN(CCCNS(=O)(=O)c1cc(S(=O)(=O)c2ccccc2)ccc1C(F)(F)F)C(=O)N1CCN(C(=O)OC(C)(C)C)CC1. The van der Waals surface area contributed by atoms with Gasteiger partial charge in [-0.1, -0.05) is 18.2 Å². The van der Waals surface area contributed by atoms with Crippen molar-refractivity contribution in [1.29, 1.82) is 0 Å². The first-order valence-corrected chi connectivity index (χ1v) is 16.3. The fourth-order valence-electron chi connectivity index (χ4n) is 4.21. The molecule has 1 N–H and O–H groups in total. The molecule has 43 heavy (non-hydrogen) atoms. The maximum atomic E-state index is 13.7. The fourth-order valence-corrected chi connectivity index (χ4v) is 6.91. The number of sulfonamides is 1. The molecule has 1 saturated heterocycles. The van der Waals surface area contributed by atoms with Gasteiger partial charge in [-0.15, -0.1) is 0 Å². The lowest BCUT2D eigenvalue weighted by Gasteiger charge is -2.37. The minimum absolute atomic E-state index is 0.0582. The lowest BCUT2D eigenvalue weighted by molar-refractivity contribution is -0.139. The summed E-state index contributed by atoms with van der Waals surface area (Å²) in [7, 11) is -7.60. The van der Waals surface area contributed by atoms with Crippen molar-refractivity contribution in [3.63, 3.8) is 0 Å². The van der Waals surface area contributed by atoms with Crippen molar-refractivity contribution in [2.75, 3.05) is 46.3 Å². The molecule has 238 valence electrons. The van der Waals surface area contributed by atoms with Gasteiger partial charge >= 0.3 is 18.3 Å². The number of carbonyl (C=O) groups excluding carboxylic acids is 2. The number of amides is 3.